The van der Waals surface area contributed by atoms with Gasteiger partial charge in [-0.1, -0.05) is 36.4 Å². The molecule has 0 aliphatic heterocycles. The molecule has 2 aromatic carbocycles. The number of hydrogen-bond acceptors (Lipinski definition) is 1. The molecule has 0 fully saturated rings. The number of nitrogens with zero attached hydrogens (tertiary/aromatic N) is 1. The topological polar surface area (TPSA) is 20.9 Å². The summed E-state index contributed by atoms with van der Waals surface area (Å²) in [5.74, 6) is 0.223. The number of benzene rings is 2. The molecule has 0 saturated carbocycles. The van der Waals surface area contributed by atoms with E-state index in [-0.39, 0.29) is 5.78 Å². The van der Waals surface area contributed by atoms with Gasteiger partial charge in [0.1, 0.15) is 0 Å². The van der Waals surface area contributed by atoms with Gasteiger partial charge in [0.05, 0.1) is 0 Å². The minimum atomic E-state index is 0.223. The van der Waals surface area contributed by atoms with E-state index < -0.39 is 0 Å². The maximum Gasteiger partial charge on any atom is 0.212 e. The third kappa shape index (κ3) is 3.60. The molecule has 1 aromatic heterocycles. The Kier molecular flexibility index (Phi) is 4.85. The van der Waals surface area contributed by atoms with Crippen LogP contribution < -0.4 is 4.57 Å². The average molecular weight is 316 g/mol. The Labute approximate surface area is 143 Å². The first-order valence-electron chi connectivity index (χ1n) is 8.26. The van der Waals surface area contributed by atoms with Crippen LogP contribution in [0.5, 0.6) is 0 Å². The molecule has 2 nitrogen and oxygen atoms in total. The highest BCUT2D eigenvalue weighted by atomic mass is 16.1. The van der Waals surface area contributed by atoms with Gasteiger partial charge in [-0.3, -0.25) is 4.79 Å². The first-order chi connectivity index (χ1) is 11.6. The van der Waals surface area contributed by atoms with E-state index in [9.17, 15) is 4.79 Å². The zero-order chi connectivity index (χ0) is 16.9. The summed E-state index contributed by atoms with van der Waals surface area (Å²) in [5.41, 5.74) is 5.71. The number of rotatable bonds is 5. The Morgan fingerprint density at radius 3 is 2.21 bits per heavy atom. The summed E-state index contributed by atoms with van der Waals surface area (Å²) in [6.45, 7) is 4.53. The van der Waals surface area contributed by atoms with Crippen LogP contribution >= 0.6 is 0 Å². The van der Waals surface area contributed by atoms with Crippen molar-refractivity contribution < 1.29 is 9.36 Å². The van der Waals surface area contributed by atoms with Gasteiger partial charge in [0.25, 0.3) is 0 Å². The van der Waals surface area contributed by atoms with Crippen LogP contribution in [-0.4, -0.2) is 5.78 Å². The number of pyridine rings is 1. The van der Waals surface area contributed by atoms with E-state index >= 15 is 0 Å². The number of Topliss-reactive ketones (excluding diaryl/α,β-unsaturated/α-hetero) is 1. The SMILES string of the molecule is Cc1cccc(C)c1CC(=O)C[n+]1ccccc1-c1ccccc1. The Morgan fingerprint density at radius 1 is 0.833 bits per heavy atom. The maximum absolute atomic E-state index is 12.6. The Bertz CT molecular complexity index is 833. The molecule has 120 valence electrons. The molecule has 0 saturated heterocycles. The Morgan fingerprint density at radius 2 is 1.50 bits per heavy atom. The van der Waals surface area contributed by atoms with E-state index in [2.05, 4.69) is 44.2 Å². The van der Waals surface area contributed by atoms with Crippen LogP contribution in [0.2, 0.25) is 0 Å². The molecule has 3 aromatic rings. The summed E-state index contributed by atoms with van der Waals surface area (Å²) in [4.78, 5) is 12.6. The molecular weight excluding hydrogens is 294 g/mol. The van der Waals surface area contributed by atoms with Crippen LogP contribution in [0.15, 0.2) is 72.9 Å². The van der Waals surface area contributed by atoms with Crippen molar-refractivity contribution in [1.82, 2.24) is 0 Å². The van der Waals surface area contributed by atoms with Crippen LogP contribution in [0.4, 0.5) is 0 Å². The number of aromatic nitrogens is 1. The summed E-state index contributed by atoms with van der Waals surface area (Å²) in [6, 6.07) is 22.4. The second-order valence-corrected chi connectivity index (χ2v) is 6.17. The Balaban J connectivity index is 1.83. The monoisotopic (exact) mass is 316 g/mol. The van der Waals surface area contributed by atoms with Gasteiger partial charge in [-0.2, -0.15) is 4.57 Å². The van der Waals surface area contributed by atoms with Crippen LogP contribution in [0.1, 0.15) is 16.7 Å². The number of carbonyl (C=O) groups is 1. The fourth-order valence-electron chi connectivity index (χ4n) is 3.06. The fourth-order valence-corrected chi connectivity index (χ4v) is 3.06. The van der Waals surface area contributed by atoms with Gasteiger partial charge >= 0.3 is 0 Å². The molecule has 3 rings (SSSR count). The smallest absolute Gasteiger partial charge is 0.212 e. The van der Waals surface area contributed by atoms with Gasteiger partial charge in [-0.25, -0.2) is 0 Å². The lowest BCUT2D eigenvalue weighted by molar-refractivity contribution is -0.673. The van der Waals surface area contributed by atoms with Gasteiger partial charge in [0, 0.05) is 24.1 Å². The van der Waals surface area contributed by atoms with Crippen molar-refractivity contribution in [2.75, 3.05) is 0 Å². The zero-order valence-electron chi connectivity index (χ0n) is 14.2. The van der Waals surface area contributed by atoms with Crippen LogP contribution in [0, 0.1) is 13.8 Å². The van der Waals surface area contributed by atoms with Crippen molar-refractivity contribution in [1.29, 1.82) is 0 Å². The molecule has 0 aliphatic rings. The third-order valence-corrected chi connectivity index (χ3v) is 4.38. The highest BCUT2D eigenvalue weighted by Crippen LogP contribution is 2.16. The van der Waals surface area contributed by atoms with Crippen molar-refractivity contribution in [2.45, 2.75) is 26.8 Å². The molecule has 24 heavy (non-hydrogen) atoms. The summed E-state index contributed by atoms with van der Waals surface area (Å²) >= 11 is 0. The lowest BCUT2D eigenvalue weighted by Gasteiger charge is -2.08. The van der Waals surface area contributed by atoms with Gasteiger partial charge in [-0.15, -0.1) is 0 Å². The van der Waals surface area contributed by atoms with Crippen LogP contribution in [0.25, 0.3) is 11.3 Å². The number of ketones is 1. The minimum Gasteiger partial charge on any atom is -0.292 e. The molecule has 0 radical (unpaired) electrons. The van der Waals surface area contributed by atoms with Crippen molar-refractivity contribution in [3.63, 3.8) is 0 Å². The summed E-state index contributed by atoms with van der Waals surface area (Å²) < 4.78 is 2.03. The van der Waals surface area contributed by atoms with E-state index in [1.807, 2.05) is 47.2 Å². The van der Waals surface area contributed by atoms with E-state index in [1.165, 1.54) is 11.1 Å². The van der Waals surface area contributed by atoms with Crippen LogP contribution in [0.3, 0.4) is 0 Å². The molecule has 0 unspecified atom stereocenters. The number of hydrogen-bond donors (Lipinski definition) is 0. The standard InChI is InChI=1S/C22H22NO/c1-17-9-8-10-18(2)21(17)15-20(24)16-23-14-7-6-13-22(23)19-11-4-3-5-12-19/h3-14H,15-16H2,1-2H3/q+1. The molecule has 0 bridgehead atoms. The third-order valence-electron chi connectivity index (χ3n) is 4.38. The summed E-state index contributed by atoms with van der Waals surface area (Å²) in [7, 11) is 0. The van der Waals surface area contributed by atoms with Crippen molar-refractivity contribution in [3.05, 3.63) is 89.6 Å². The van der Waals surface area contributed by atoms with Gasteiger partial charge in [0.15, 0.2) is 6.20 Å². The second kappa shape index (κ2) is 7.22. The predicted molar refractivity (Wildman–Crippen MR) is 96.7 cm³/mol. The summed E-state index contributed by atoms with van der Waals surface area (Å²) in [6.07, 6.45) is 2.46. The predicted octanol–water partition coefficient (Wildman–Crippen LogP) is 4.07. The van der Waals surface area contributed by atoms with Gasteiger partial charge in [-0.05, 0) is 48.7 Å². The Hall–Kier alpha value is -2.74. The first kappa shape index (κ1) is 16.1. The van der Waals surface area contributed by atoms with Crippen molar-refractivity contribution >= 4 is 5.78 Å². The molecule has 0 spiro atoms. The van der Waals surface area contributed by atoms with Gasteiger partial charge in [0.2, 0.25) is 18.0 Å². The maximum atomic E-state index is 12.6. The molecule has 2 heteroatoms. The molecule has 0 aliphatic carbocycles. The largest absolute Gasteiger partial charge is 0.292 e. The second-order valence-electron chi connectivity index (χ2n) is 6.17. The highest BCUT2D eigenvalue weighted by molar-refractivity contribution is 5.80. The minimum absolute atomic E-state index is 0.223. The molecule has 0 N–H and O–H groups in total. The lowest BCUT2D eigenvalue weighted by atomic mass is 9.98. The quantitative estimate of drug-likeness (QED) is 0.650. The van der Waals surface area contributed by atoms with E-state index in [0.29, 0.717) is 13.0 Å². The fraction of sp³-hybridized carbons (Fsp3) is 0.182. The number of carbonyl (C=O) groups excluding carboxylic acids is 1. The van der Waals surface area contributed by atoms with E-state index in [4.69, 9.17) is 0 Å². The van der Waals surface area contributed by atoms with E-state index in [0.717, 1.165) is 16.8 Å². The van der Waals surface area contributed by atoms with Gasteiger partial charge < -0.3 is 0 Å². The molecular formula is C22H22NO+. The summed E-state index contributed by atoms with van der Waals surface area (Å²) in [5, 5.41) is 0. The molecule has 0 amide bonds. The normalized spacial score (nSPS) is 10.6. The lowest BCUT2D eigenvalue weighted by Crippen LogP contribution is -2.40. The first-order valence-corrected chi connectivity index (χ1v) is 8.26. The number of aryl methyl sites for hydroxylation is 2. The molecule has 0 atom stereocenters. The van der Waals surface area contributed by atoms with Crippen molar-refractivity contribution in [2.24, 2.45) is 0 Å². The van der Waals surface area contributed by atoms with Crippen LogP contribution in [-0.2, 0) is 17.8 Å². The highest BCUT2D eigenvalue weighted by Gasteiger charge is 2.17. The van der Waals surface area contributed by atoms with E-state index in [1.54, 1.807) is 0 Å². The van der Waals surface area contributed by atoms with Crippen molar-refractivity contribution in [3.8, 4) is 11.3 Å². The average Bonchev–Trinajstić information content (AvgIpc) is 2.60. The molecule has 1 heterocycles. The zero-order valence-corrected chi connectivity index (χ0v) is 14.2.